The maximum Gasteiger partial charge on any atom is 0.136 e. The van der Waals surface area contributed by atoms with Gasteiger partial charge in [0.2, 0.25) is 0 Å². The number of H-pyrrole nitrogens is 1. The zero-order valence-electron chi connectivity index (χ0n) is 20.2. The van der Waals surface area contributed by atoms with Crippen molar-refractivity contribution in [2.45, 2.75) is 26.1 Å². The number of hydrogen-bond acceptors (Lipinski definition) is 7. The standard InChI is InChI=1S/C26H35N7O/c1-18(34)26(20-6-4-19(5-7-20)16-33-10-8-31(2)9-11-33)30-32(3)17-25-28-23-12-21-14-27-15-22(21)13-24(23)29-25/h4,6-7,12-13,19,27,34H,1,5,8-11,14-17H2,2-3H3,(H,28,29)/b30-26+. The Morgan fingerprint density at radius 3 is 2.71 bits per heavy atom. The van der Waals surface area contributed by atoms with Crippen LogP contribution < -0.4 is 5.32 Å². The second kappa shape index (κ2) is 9.74. The summed E-state index contributed by atoms with van der Waals surface area (Å²) < 4.78 is 0. The molecule has 8 heteroatoms. The Bertz CT molecular complexity index is 1110. The molecule has 0 bridgehead atoms. The van der Waals surface area contributed by atoms with E-state index in [1.807, 2.05) is 7.05 Å². The predicted octanol–water partition coefficient (Wildman–Crippen LogP) is 2.78. The number of imidazole rings is 1. The fourth-order valence-corrected chi connectivity index (χ4v) is 4.98. The lowest BCUT2D eigenvalue weighted by Crippen LogP contribution is -2.46. The van der Waals surface area contributed by atoms with E-state index in [1.54, 1.807) is 5.01 Å². The first-order valence-corrected chi connectivity index (χ1v) is 12.1. The molecule has 1 saturated heterocycles. The highest BCUT2D eigenvalue weighted by molar-refractivity contribution is 6.12. The highest BCUT2D eigenvalue weighted by Gasteiger charge is 2.20. The van der Waals surface area contributed by atoms with Crippen LogP contribution >= 0.6 is 0 Å². The van der Waals surface area contributed by atoms with Gasteiger partial charge in [-0.25, -0.2) is 4.98 Å². The molecule has 0 amide bonds. The van der Waals surface area contributed by atoms with E-state index in [4.69, 9.17) is 4.98 Å². The third-order valence-electron chi connectivity index (χ3n) is 6.96. The number of hydrogen-bond donors (Lipinski definition) is 3. The van der Waals surface area contributed by atoms with E-state index in [1.165, 1.54) is 11.1 Å². The molecule has 34 heavy (non-hydrogen) atoms. The summed E-state index contributed by atoms with van der Waals surface area (Å²) in [5.41, 5.74) is 6.10. The summed E-state index contributed by atoms with van der Waals surface area (Å²) >= 11 is 0. The maximum absolute atomic E-state index is 10.3. The van der Waals surface area contributed by atoms with Crippen molar-refractivity contribution in [3.8, 4) is 0 Å². The molecule has 0 radical (unpaired) electrons. The molecule has 1 unspecified atom stereocenters. The van der Waals surface area contributed by atoms with Crippen molar-refractivity contribution >= 4 is 16.7 Å². The minimum atomic E-state index is -0.0196. The summed E-state index contributed by atoms with van der Waals surface area (Å²) in [5.74, 6) is 1.32. The molecular formula is C26H35N7O. The zero-order valence-corrected chi connectivity index (χ0v) is 20.2. The smallest absolute Gasteiger partial charge is 0.136 e. The van der Waals surface area contributed by atoms with Crippen molar-refractivity contribution < 1.29 is 5.11 Å². The van der Waals surface area contributed by atoms with Crippen molar-refractivity contribution in [2.75, 3.05) is 46.8 Å². The molecule has 180 valence electrons. The first-order chi connectivity index (χ1) is 16.4. The number of nitrogens with one attached hydrogen (secondary N) is 2. The summed E-state index contributed by atoms with van der Waals surface area (Å²) in [5, 5.41) is 20.1. The molecule has 1 atom stereocenters. The number of benzene rings is 1. The van der Waals surface area contributed by atoms with Crippen LogP contribution in [0, 0.1) is 5.92 Å². The lowest BCUT2D eigenvalue weighted by molar-refractivity contribution is 0.143. The summed E-state index contributed by atoms with van der Waals surface area (Å²) in [6.07, 6.45) is 7.44. The van der Waals surface area contributed by atoms with Gasteiger partial charge in [-0.15, -0.1) is 0 Å². The van der Waals surface area contributed by atoms with Gasteiger partial charge in [0.1, 0.15) is 17.3 Å². The molecule has 0 saturated carbocycles. The molecule has 3 heterocycles. The molecule has 1 aliphatic carbocycles. The number of nitrogens with zero attached hydrogens (tertiary/aromatic N) is 5. The number of aliphatic hydroxyl groups excluding tert-OH is 1. The van der Waals surface area contributed by atoms with E-state index in [2.05, 4.69) is 69.2 Å². The Hall–Kier alpha value is -2.94. The van der Waals surface area contributed by atoms with Crippen LogP contribution in [-0.2, 0) is 19.6 Å². The maximum atomic E-state index is 10.3. The van der Waals surface area contributed by atoms with Crippen LogP contribution in [0.5, 0.6) is 0 Å². The predicted molar refractivity (Wildman–Crippen MR) is 137 cm³/mol. The average Bonchev–Trinajstić information content (AvgIpc) is 3.43. The van der Waals surface area contributed by atoms with Gasteiger partial charge in [0, 0.05) is 58.4 Å². The van der Waals surface area contributed by atoms with Gasteiger partial charge in [-0.1, -0.05) is 24.8 Å². The van der Waals surface area contributed by atoms with Crippen LogP contribution in [0.4, 0.5) is 0 Å². The molecule has 1 aromatic heterocycles. The van der Waals surface area contributed by atoms with Gasteiger partial charge in [-0.2, -0.15) is 5.10 Å². The number of likely N-dealkylation sites (N-methyl/N-ethyl adjacent to an activating group) is 1. The number of aromatic nitrogens is 2. The van der Waals surface area contributed by atoms with Crippen LogP contribution in [-0.4, -0.2) is 82.4 Å². The lowest BCUT2D eigenvalue weighted by atomic mass is 9.93. The zero-order chi connectivity index (χ0) is 23.7. The van der Waals surface area contributed by atoms with Crippen LogP contribution in [0.2, 0.25) is 0 Å². The molecule has 5 rings (SSSR count). The number of aromatic amines is 1. The fraction of sp³-hybridized carbons (Fsp3) is 0.462. The van der Waals surface area contributed by atoms with Crippen LogP contribution in [0.1, 0.15) is 23.4 Å². The van der Waals surface area contributed by atoms with Gasteiger partial charge in [-0.05, 0) is 42.6 Å². The van der Waals surface area contributed by atoms with Gasteiger partial charge in [0.25, 0.3) is 0 Å². The first-order valence-electron chi connectivity index (χ1n) is 12.1. The Kier molecular flexibility index (Phi) is 6.54. The Morgan fingerprint density at radius 1 is 1.24 bits per heavy atom. The van der Waals surface area contributed by atoms with Crippen molar-refractivity contribution in [2.24, 2.45) is 11.0 Å². The van der Waals surface area contributed by atoms with E-state index in [0.29, 0.717) is 18.2 Å². The van der Waals surface area contributed by atoms with E-state index in [0.717, 1.165) is 74.7 Å². The normalized spacial score (nSPS) is 21.6. The molecule has 3 aliphatic rings. The number of piperazine rings is 1. The molecule has 2 aromatic rings. The molecular weight excluding hydrogens is 426 g/mol. The van der Waals surface area contributed by atoms with E-state index in [9.17, 15) is 5.11 Å². The molecule has 0 spiro atoms. The highest BCUT2D eigenvalue weighted by atomic mass is 16.3. The molecule has 2 aliphatic heterocycles. The molecule has 8 nitrogen and oxygen atoms in total. The summed E-state index contributed by atoms with van der Waals surface area (Å²) in [6, 6.07) is 4.34. The first kappa shape index (κ1) is 22.8. The van der Waals surface area contributed by atoms with Crippen LogP contribution in [0.3, 0.4) is 0 Å². The molecule has 1 aromatic carbocycles. The largest absolute Gasteiger partial charge is 0.506 e. The Balaban J connectivity index is 1.23. The third kappa shape index (κ3) is 5.09. The van der Waals surface area contributed by atoms with Crippen molar-refractivity contribution in [1.29, 1.82) is 0 Å². The Morgan fingerprint density at radius 2 is 2.00 bits per heavy atom. The third-order valence-corrected chi connectivity index (χ3v) is 6.96. The van der Waals surface area contributed by atoms with Crippen molar-refractivity contribution in [3.63, 3.8) is 0 Å². The SMILES string of the molecule is C=C(O)/C(=N\N(C)Cc1nc2cc3c(cc2[nH]1)CNC3)C1=CCC(CN2CCN(C)CC2)C=C1. The van der Waals surface area contributed by atoms with Crippen molar-refractivity contribution in [1.82, 2.24) is 30.1 Å². The summed E-state index contributed by atoms with van der Waals surface area (Å²) in [7, 11) is 4.08. The van der Waals surface area contributed by atoms with Crippen LogP contribution in [0.25, 0.3) is 11.0 Å². The minimum Gasteiger partial charge on any atom is -0.506 e. The molecule has 1 fully saturated rings. The van der Waals surface area contributed by atoms with E-state index >= 15 is 0 Å². The topological polar surface area (TPSA) is 83.0 Å². The highest BCUT2D eigenvalue weighted by Crippen LogP contribution is 2.23. The number of aliphatic hydroxyl groups is 1. The van der Waals surface area contributed by atoms with Crippen LogP contribution in [0.15, 0.2) is 53.4 Å². The lowest BCUT2D eigenvalue weighted by Gasteiger charge is -2.34. The van der Waals surface area contributed by atoms with Gasteiger partial charge >= 0.3 is 0 Å². The molecule has 3 N–H and O–H groups in total. The average molecular weight is 462 g/mol. The number of fused-ring (bicyclic) bond motifs is 2. The minimum absolute atomic E-state index is 0.0196. The van der Waals surface area contributed by atoms with Gasteiger partial charge in [0.05, 0.1) is 17.6 Å². The monoisotopic (exact) mass is 461 g/mol. The van der Waals surface area contributed by atoms with E-state index in [-0.39, 0.29) is 5.76 Å². The van der Waals surface area contributed by atoms with Gasteiger partial charge < -0.3 is 25.2 Å². The Labute approximate surface area is 201 Å². The number of rotatable bonds is 7. The second-order valence-electron chi connectivity index (χ2n) is 9.75. The fourth-order valence-electron chi connectivity index (χ4n) is 4.98. The van der Waals surface area contributed by atoms with Gasteiger partial charge in [0.15, 0.2) is 0 Å². The number of hydrazone groups is 1. The number of allylic oxidation sites excluding steroid dienone is 3. The van der Waals surface area contributed by atoms with Crippen molar-refractivity contribution in [3.05, 3.63) is 65.2 Å². The summed E-state index contributed by atoms with van der Waals surface area (Å²) in [6.45, 7) is 11.7. The van der Waals surface area contributed by atoms with Gasteiger partial charge in [-0.3, -0.25) is 5.01 Å². The second-order valence-corrected chi connectivity index (χ2v) is 9.75. The quantitative estimate of drug-likeness (QED) is 0.334. The summed E-state index contributed by atoms with van der Waals surface area (Å²) in [4.78, 5) is 13.1. The van der Waals surface area contributed by atoms with E-state index < -0.39 is 0 Å².